The third kappa shape index (κ3) is 2.94. The third-order valence-corrected chi connectivity index (χ3v) is 3.34. The summed E-state index contributed by atoms with van der Waals surface area (Å²) in [6.07, 6.45) is 2.59. The van der Waals surface area contributed by atoms with E-state index in [2.05, 4.69) is 25.0 Å². The highest BCUT2D eigenvalue weighted by molar-refractivity contribution is 6.28. The van der Waals surface area contributed by atoms with E-state index >= 15 is 0 Å². The van der Waals surface area contributed by atoms with E-state index in [1.165, 1.54) is 17.3 Å². The highest BCUT2D eigenvalue weighted by Gasteiger charge is 2.28. The van der Waals surface area contributed by atoms with Crippen LogP contribution in [-0.2, 0) is 4.74 Å². The minimum Gasteiger partial charge on any atom is -0.394 e. The van der Waals surface area contributed by atoms with Crippen LogP contribution in [0.5, 0.6) is 0 Å². The molecule has 2 atom stereocenters. The third-order valence-electron chi connectivity index (χ3n) is 3.17. The molecule has 0 saturated carbocycles. The molecule has 1 aliphatic heterocycles. The summed E-state index contributed by atoms with van der Waals surface area (Å²) in [5.74, 6) is 0.719. The van der Waals surface area contributed by atoms with Crippen LogP contribution >= 0.6 is 11.6 Å². The van der Waals surface area contributed by atoms with Crippen molar-refractivity contribution in [3.63, 3.8) is 0 Å². The van der Waals surface area contributed by atoms with Crippen molar-refractivity contribution in [3.8, 4) is 5.95 Å². The Labute approximate surface area is 125 Å². The highest BCUT2D eigenvalue weighted by atomic mass is 35.5. The van der Waals surface area contributed by atoms with Gasteiger partial charge in [-0.3, -0.25) is 0 Å². The van der Waals surface area contributed by atoms with E-state index in [1.807, 2.05) is 11.8 Å². The first-order valence-corrected chi connectivity index (χ1v) is 6.81. The summed E-state index contributed by atoms with van der Waals surface area (Å²) >= 11 is 5.97. The summed E-state index contributed by atoms with van der Waals surface area (Å²) in [4.78, 5) is 18.3. The Morgan fingerprint density at radius 3 is 2.90 bits per heavy atom. The number of hydrogen-bond donors (Lipinski definition) is 1. The lowest BCUT2D eigenvalue weighted by atomic mass is 10.2. The molecule has 3 rings (SSSR count). The average Bonchev–Trinajstić information content (AvgIpc) is 3.01. The molecule has 0 spiro atoms. The quantitative estimate of drug-likeness (QED) is 0.823. The predicted molar refractivity (Wildman–Crippen MR) is 73.4 cm³/mol. The monoisotopic (exact) mass is 311 g/mol. The average molecular weight is 312 g/mol. The molecule has 0 amide bonds. The van der Waals surface area contributed by atoms with E-state index in [9.17, 15) is 5.11 Å². The molecule has 0 radical (unpaired) electrons. The number of anilines is 1. The van der Waals surface area contributed by atoms with E-state index in [-0.39, 0.29) is 24.0 Å². The van der Waals surface area contributed by atoms with Gasteiger partial charge in [0.15, 0.2) is 0 Å². The van der Waals surface area contributed by atoms with Gasteiger partial charge >= 0.3 is 0 Å². The second-order valence-corrected chi connectivity index (χ2v) is 5.02. The van der Waals surface area contributed by atoms with Crippen molar-refractivity contribution in [1.29, 1.82) is 0 Å². The van der Waals surface area contributed by atoms with Crippen LogP contribution in [0.3, 0.4) is 0 Å². The molecular weight excluding hydrogens is 298 g/mol. The van der Waals surface area contributed by atoms with Gasteiger partial charge in [-0.1, -0.05) is 0 Å². The molecular formula is C11H14ClN7O2. The number of nitrogens with zero attached hydrogens (tertiary/aromatic N) is 7. The summed E-state index contributed by atoms with van der Waals surface area (Å²) in [6.45, 7) is 2.89. The Morgan fingerprint density at radius 1 is 1.38 bits per heavy atom. The number of hydrogen-bond acceptors (Lipinski definition) is 8. The van der Waals surface area contributed by atoms with Crippen LogP contribution in [0.25, 0.3) is 5.95 Å². The predicted octanol–water partition coefficient (Wildman–Crippen LogP) is -0.308. The molecule has 9 nitrogen and oxygen atoms in total. The van der Waals surface area contributed by atoms with Gasteiger partial charge in [-0.25, -0.2) is 4.98 Å². The minimum absolute atomic E-state index is 0.0576. The molecule has 112 valence electrons. The molecule has 10 heteroatoms. The summed E-state index contributed by atoms with van der Waals surface area (Å²) in [7, 11) is 0. The van der Waals surface area contributed by atoms with Crippen LogP contribution in [0.2, 0.25) is 5.28 Å². The SMILES string of the molecule is CC1COC(CO)CN1c1nc(Cl)nc(-n2cncn2)n1. The maximum absolute atomic E-state index is 9.25. The molecule has 0 aromatic carbocycles. The van der Waals surface area contributed by atoms with Crippen LogP contribution in [0.15, 0.2) is 12.7 Å². The van der Waals surface area contributed by atoms with Gasteiger partial charge in [0.25, 0.3) is 5.95 Å². The fourth-order valence-electron chi connectivity index (χ4n) is 2.08. The van der Waals surface area contributed by atoms with E-state index < -0.39 is 0 Å². The minimum atomic E-state index is -0.272. The maximum Gasteiger partial charge on any atom is 0.258 e. The van der Waals surface area contributed by atoms with Gasteiger partial charge in [-0.05, 0) is 18.5 Å². The lowest BCUT2D eigenvalue weighted by Gasteiger charge is -2.37. The molecule has 1 N–H and O–H groups in total. The number of ether oxygens (including phenoxy) is 1. The van der Waals surface area contributed by atoms with E-state index in [0.29, 0.717) is 25.0 Å². The van der Waals surface area contributed by atoms with Gasteiger partial charge in [0.05, 0.1) is 25.4 Å². The zero-order valence-electron chi connectivity index (χ0n) is 11.3. The molecule has 0 bridgehead atoms. The first-order chi connectivity index (χ1) is 10.2. The maximum atomic E-state index is 9.25. The largest absolute Gasteiger partial charge is 0.394 e. The number of rotatable bonds is 3. The van der Waals surface area contributed by atoms with Gasteiger partial charge in [0.2, 0.25) is 11.2 Å². The Kier molecular flexibility index (Phi) is 3.95. The van der Waals surface area contributed by atoms with Crippen molar-refractivity contribution in [2.24, 2.45) is 0 Å². The van der Waals surface area contributed by atoms with Crippen molar-refractivity contribution in [1.82, 2.24) is 29.7 Å². The summed E-state index contributed by atoms with van der Waals surface area (Å²) in [5, 5.41) is 13.3. The number of aliphatic hydroxyl groups is 1. The number of morpholine rings is 1. The van der Waals surface area contributed by atoms with Crippen LogP contribution in [-0.4, -0.2) is 66.7 Å². The zero-order chi connectivity index (χ0) is 14.8. The fourth-order valence-corrected chi connectivity index (χ4v) is 2.23. The van der Waals surface area contributed by atoms with Crippen molar-refractivity contribution < 1.29 is 9.84 Å². The lowest BCUT2D eigenvalue weighted by molar-refractivity contribution is -0.0108. The number of aromatic nitrogens is 6. The highest BCUT2D eigenvalue weighted by Crippen LogP contribution is 2.20. The first-order valence-electron chi connectivity index (χ1n) is 6.43. The van der Waals surface area contributed by atoms with Gasteiger partial charge < -0.3 is 14.7 Å². The molecule has 1 fully saturated rings. The molecule has 21 heavy (non-hydrogen) atoms. The van der Waals surface area contributed by atoms with Crippen LogP contribution in [0.1, 0.15) is 6.92 Å². The smallest absolute Gasteiger partial charge is 0.258 e. The number of aliphatic hydroxyl groups excluding tert-OH is 1. The Morgan fingerprint density at radius 2 is 2.19 bits per heavy atom. The molecule has 2 unspecified atom stereocenters. The Bertz CT molecular complexity index is 609. The normalized spacial score (nSPS) is 22.5. The number of halogens is 1. The summed E-state index contributed by atoms with van der Waals surface area (Å²) < 4.78 is 6.91. The topological polar surface area (TPSA) is 102 Å². The summed E-state index contributed by atoms with van der Waals surface area (Å²) in [5.41, 5.74) is 0. The zero-order valence-corrected chi connectivity index (χ0v) is 12.1. The van der Waals surface area contributed by atoms with Gasteiger partial charge in [-0.15, -0.1) is 0 Å². The lowest BCUT2D eigenvalue weighted by Crippen LogP contribution is -2.50. The molecule has 0 aliphatic carbocycles. The van der Waals surface area contributed by atoms with Crippen LogP contribution in [0, 0.1) is 0 Å². The van der Waals surface area contributed by atoms with Crippen molar-refractivity contribution in [2.75, 3.05) is 24.7 Å². The van der Waals surface area contributed by atoms with E-state index in [0.717, 1.165) is 0 Å². The first kappa shape index (κ1) is 14.1. The van der Waals surface area contributed by atoms with Crippen molar-refractivity contribution >= 4 is 17.5 Å². The van der Waals surface area contributed by atoms with Crippen molar-refractivity contribution in [2.45, 2.75) is 19.1 Å². The fraction of sp³-hybridized carbons (Fsp3) is 0.545. The molecule has 2 aromatic rings. The Balaban J connectivity index is 1.94. The molecule has 2 aromatic heterocycles. The van der Waals surface area contributed by atoms with Crippen LogP contribution in [0.4, 0.5) is 5.95 Å². The van der Waals surface area contributed by atoms with E-state index in [1.54, 1.807) is 0 Å². The second kappa shape index (κ2) is 5.88. The molecule has 1 saturated heterocycles. The summed E-state index contributed by atoms with van der Waals surface area (Å²) in [6, 6.07) is 0.0647. The van der Waals surface area contributed by atoms with Gasteiger partial charge in [-0.2, -0.15) is 24.7 Å². The van der Waals surface area contributed by atoms with Gasteiger partial charge in [0.1, 0.15) is 12.7 Å². The van der Waals surface area contributed by atoms with Gasteiger partial charge in [0, 0.05) is 6.54 Å². The Hall–Kier alpha value is -1.84. The van der Waals surface area contributed by atoms with Crippen LogP contribution < -0.4 is 4.90 Å². The van der Waals surface area contributed by atoms with E-state index in [4.69, 9.17) is 16.3 Å². The standard InChI is InChI=1S/C11H14ClN7O2/c1-7-4-21-8(3-20)2-18(7)10-15-9(12)16-11(17-10)19-6-13-5-14-19/h5-8,20H,2-4H2,1H3. The molecule has 1 aliphatic rings. The van der Waals surface area contributed by atoms with Crippen molar-refractivity contribution in [3.05, 3.63) is 17.9 Å². The molecule has 3 heterocycles. The second-order valence-electron chi connectivity index (χ2n) is 4.68.